The predicted molar refractivity (Wildman–Crippen MR) is 138 cm³/mol. The van der Waals surface area contributed by atoms with Crippen LogP contribution in [0.2, 0.25) is 5.02 Å². The van der Waals surface area contributed by atoms with Gasteiger partial charge >= 0.3 is 0 Å². The SMILES string of the molecule is C=CNc1cc(Cl)ccc1/C=c1\c(C)nc2c(C#N)c(C(F)F)nn2c1=NCC(=O)NCc1ccncc1. The number of carbonyl (C=O) groups excluding carboxylic acids is 1. The molecule has 9 nitrogen and oxygen atoms in total. The molecule has 12 heteroatoms. The van der Waals surface area contributed by atoms with Gasteiger partial charge in [0.2, 0.25) is 5.91 Å². The van der Waals surface area contributed by atoms with Crippen molar-refractivity contribution in [1.29, 1.82) is 5.26 Å². The minimum absolute atomic E-state index is 0.0751. The number of aromatic nitrogens is 4. The Morgan fingerprint density at radius 3 is 2.76 bits per heavy atom. The highest BCUT2D eigenvalue weighted by Gasteiger charge is 2.23. The van der Waals surface area contributed by atoms with Crippen molar-refractivity contribution in [1.82, 2.24) is 24.9 Å². The number of hydrogen-bond acceptors (Lipinski definition) is 7. The molecule has 0 aliphatic rings. The van der Waals surface area contributed by atoms with E-state index >= 15 is 0 Å². The average Bonchev–Trinajstić information content (AvgIpc) is 3.27. The number of hydrogen-bond donors (Lipinski definition) is 2. The minimum Gasteiger partial charge on any atom is -0.362 e. The first kappa shape index (κ1) is 26.4. The summed E-state index contributed by atoms with van der Waals surface area (Å²) in [6.07, 6.45) is 3.42. The summed E-state index contributed by atoms with van der Waals surface area (Å²) in [7, 11) is 0. The van der Waals surface area contributed by atoms with Crippen LogP contribution in [0.4, 0.5) is 14.5 Å². The number of alkyl halides is 2. The third-order valence-electron chi connectivity index (χ3n) is 5.50. The molecule has 1 aromatic carbocycles. The second kappa shape index (κ2) is 11.6. The zero-order valence-electron chi connectivity index (χ0n) is 20.1. The summed E-state index contributed by atoms with van der Waals surface area (Å²) in [4.78, 5) is 25.4. The van der Waals surface area contributed by atoms with Crippen molar-refractivity contribution in [3.8, 4) is 6.07 Å². The van der Waals surface area contributed by atoms with E-state index in [1.54, 1.807) is 61.8 Å². The van der Waals surface area contributed by atoms with Crippen molar-refractivity contribution in [3.05, 3.63) is 99.3 Å². The van der Waals surface area contributed by atoms with Gasteiger partial charge in [0.1, 0.15) is 23.9 Å². The molecule has 0 atom stereocenters. The number of benzene rings is 1. The highest BCUT2D eigenvalue weighted by atomic mass is 35.5. The molecule has 1 amide bonds. The lowest BCUT2D eigenvalue weighted by Crippen LogP contribution is -2.38. The normalized spacial score (nSPS) is 12.1. The number of fused-ring (bicyclic) bond motifs is 1. The van der Waals surface area contributed by atoms with Gasteiger partial charge in [0, 0.05) is 34.9 Å². The molecule has 0 saturated carbocycles. The molecule has 4 aromatic rings. The lowest BCUT2D eigenvalue weighted by Gasteiger charge is -2.07. The zero-order chi connectivity index (χ0) is 27.2. The summed E-state index contributed by atoms with van der Waals surface area (Å²) in [5.74, 6) is -0.405. The first-order chi connectivity index (χ1) is 18.3. The summed E-state index contributed by atoms with van der Waals surface area (Å²) in [5, 5.41) is 20.1. The van der Waals surface area contributed by atoms with Gasteiger partial charge in [-0.15, -0.1) is 0 Å². The maximum Gasteiger partial charge on any atom is 0.283 e. The smallest absolute Gasteiger partial charge is 0.283 e. The Morgan fingerprint density at radius 1 is 1.32 bits per heavy atom. The predicted octanol–water partition coefficient (Wildman–Crippen LogP) is 3.22. The third kappa shape index (κ3) is 5.66. The molecular weight excluding hydrogens is 514 g/mol. The Kier molecular flexibility index (Phi) is 8.03. The standard InChI is InChI=1S/C26H21ClF2N8O/c1-3-32-21-11-18(27)5-4-17(21)10-19-15(2)35-26-20(12-30)23(24(28)29)36-37(26)25(19)34-14-22(38)33-13-16-6-8-31-9-7-16/h3-11,24,32H,1,13-14H2,2H3,(H,33,38)/b19-10+,34-25?. The first-order valence-electron chi connectivity index (χ1n) is 11.3. The van der Waals surface area contributed by atoms with Gasteiger partial charge in [0.05, 0.1) is 5.69 Å². The summed E-state index contributed by atoms with van der Waals surface area (Å²) >= 11 is 6.14. The first-order valence-corrected chi connectivity index (χ1v) is 11.7. The number of amides is 1. The number of anilines is 1. The number of pyridine rings is 1. The van der Waals surface area contributed by atoms with Gasteiger partial charge in [0.15, 0.2) is 11.1 Å². The molecule has 2 N–H and O–H groups in total. The zero-order valence-corrected chi connectivity index (χ0v) is 20.9. The van der Waals surface area contributed by atoms with Crippen molar-refractivity contribution >= 4 is 34.9 Å². The number of rotatable bonds is 8. The van der Waals surface area contributed by atoms with Gasteiger partial charge in [0.25, 0.3) is 6.43 Å². The van der Waals surface area contributed by atoms with Crippen LogP contribution in [0.15, 0.2) is 60.5 Å². The molecule has 0 unspecified atom stereocenters. The third-order valence-corrected chi connectivity index (χ3v) is 5.73. The van der Waals surface area contributed by atoms with E-state index in [0.29, 0.717) is 27.2 Å². The molecule has 3 aromatic heterocycles. The molecule has 192 valence electrons. The van der Waals surface area contributed by atoms with Crippen LogP contribution in [0.5, 0.6) is 0 Å². The molecule has 4 rings (SSSR count). The Hall–Kier alpha value is -4.69. The molecule has 0 saturated heterocycles. The van der Waals surface area contributed by atoms with Crippen LogP contribution < -0.4 is 21.3 Å². The lowest BCUT2D eigenvalue weighted by atomic mass is 10.1. The molecule has 0 radical (unpaired) electrons. The molecule has 0 aliphatic carbocycles. The van der Waals surface area contributed by atoms with Crippen molar-refractivity contribution < 1.29 is 13.6 Å². The number of halogens is 3. The van der Waals surface area contributed by atoms with Gasteiger partial charge < -0.3 is 10.6 Å². The highest BCUT2D eigenvalue weighted by Crippen LogP contribution is 2.23. The maximum atomic E-state index is 13.7. The van der Waals surface area contributed by atoms with E-state index in [2.05, 4.69) is 37.3 Å². The van der Waals surface area contributed by atoms with Crippen LogP contribution in [0, 0.1) is 18.3 Å². The van der Waals surface area contributed by atoms with Crippen LogP contribution >= 0.6 is 11.6 Å². The summed E-state index contributed by atoms with van der Waals surface area (Å²) < 4.78 is 28.5. The van der Waals surface area contributed by atoms with Gasteiger partial charge in [-0.3, -0.25) is 14.8 Å². The van der Waals surface area contributed by atoms with Crippen molar-refractivity contribution in [2.75, 3.05) is 11.9 Å². The van der Waals surface area contributed by atoms with E-state index < -0.39 is 18.0 Å². The average molecular weight is 535 g/mol. The number of carbonyl (C=O) groups is 1. The van der Waals surface area contributed by atoms with Crippen molar-refractivity contribution in [3.63, 3.8) is 0 Å². The second-order valence-electron chi connectivity index (χ2n) is 8.02. The minimum atomic E-state index is -3.00. The van der Waals surface area contributed by atoms with E-state index in [1.807, 2.05) is 0 Å². The maximum absolute atomic E-state index is 13.7. The molecule has 0 spiro atoms. The molecular formula is C26H21ClF2N8O. The lowest BCUT2D eigenvalue weighted by molar-refractivity contribution is -0.119. The molecule has 0 aliphatic heterocycles. The Balaban J connectivity index is 1.89. The van der Waals surface area contributed by atoms with E-state index in [9.17, 15) is 18.8 Å². The van der Waals surface area contributed by atoms with Gasteiger partial charge in [-0.2, -0.15) is 14.9 Å². The van der Waals surface area contributed by atoms with E-state index in [1.165, 1.54) is 6.20 Å². The molecule has 38 heavy (non-hydrogen) atoms. The van der Waals surface area contributed by atoms with Gasteiger partial charge in [-0.25, -0.2) is 13.8 Å². The highest BCUT2D eigenvalue weighted by molar-refractivity contribution is 6.30. The summed E-state index contributed by atoms with van der Waals surface area (Å²) in [5.41, 5.74) is 1.48. The van der Waals surface area contributed by atoms with E-state index in [0.717, 1.165) is 10.1 Å². The van der Waals surface area contributed by atoms with Crippen molar-refractivity contribution in [2.24, 2.45) is 4.99 Å². The fourth-order valence-corrected chi connectivity index (χ4v) is 3.87. The number of nitrogens with one attached hydrogen (secondary N) is 2. The topological polar surface area (TPSA) is 120 Å². The van der Waals surface area contributed by atoms with Crippen LogP contribution in [0.25, 0.3) is 11.7 Å². The Bertz CT molecular complexity index is 1680. The summed E-state index contributed by atoms with van der Waals surface area (Å²) in [6, 6.07) is 10.4. The fraction of sp³-hybridized carbons (Fsp3) is 0.154. The van der Waals surface area contributed by atoms with Crippen molar-refractivity contribution in [2.45, 2.75) is 19.9 Å². The quantitative estimate of drug-likeness (QED) is 0.358. The second-order valence-corrected chi connectivity index (χ2v) is 8.45. The van der Waals surface area contributed by atoms with E-state index in [4.69, 9.17) is 11.6 Å². The van der Waals surface area contributed by atoms with E-state index in [-0.39, 0.29) is 29.8 Å². The monoisotopic (exact) mass is 534 g/mol. The number of nitriles is 1. The molecule has 0 bridgehead atoms. The fourth-order valence-electron chi connectivity index (χ4n) is 3.70. The van der Waals surface area contributed by atoms with Crippen LogP contribution in [0.3, 0.4) is 0 Å². The Morgan fingerprint density at radius 2 is 2.08 bits per heavy atom. The largest absolute Gasteiger partial charge is 0.362 e. The number of aryl methyl sites for hydroxylation is 1. The summed E-state index contributed by atoms with van der Waals surface area (Å²) in [6.45, 7) is 5.26. The van der Waals surface area contributed by atoms with Gasteiger partial charge in [-0.1, -0.05) is 24.2 Å². The van der Waals surface area contributed by atoms with Gasteiger partial charge in [-0.05, 0) is 54.6 Å². The van der Waals surface area contributed by atoms with Crippen LogP contribution in [-0.4, -0.2) is 32.0 Å². The Labute approximate surface area is 220 Å². The molecule has 0 fully saturated rings. The molecule has 3 heterocycles. The van der Waals surface area contributed by atoms with Crippen LogP contribution in [0.1, 0.15) is 34.5 Å². The van der Waals surface area contributed by atoms with Crippen LogP contribution in [-0.2, 0) is 11.3 Å². The number of nitrogens with zero attached hydrogens (tertiary/aromatic N) is 6.